The van der Waals surface area contributed by atoms with E-state index < -0.39 is 30.3 Å². The number of anilines is 1. The van der Waals surface area contributed by atoms with Crippen LogP contribution in [0.25, 0.3) is 0 Å². The summed E-state index contributed by atoms with van der Waals surface area (Å²) in [4.78, 5) is 48.7. The van der Waals surface area contributed by atoms with Crippen LogP contribution in [0.4, 0.5) is 5.69 Å². The van der Waals surface area contributed by atoms with Crippen molar-refractivity contribution in [3.63, 3.8) is 0 Å². The van der Waals surface area contributed by atoms with Crippen LogP contribution in [0.1, 0.15) is 34.8 Å². The molecule has 2 aromatic carbocycles. The first-order valence-corrected chi connectivity index (χ1v) is 10.1. The third-order valence-electron chi connectivity index (χ3n) is 5.00. The van der Waals surface area contributed by atoms with Gasteiger partial charge in [0.1, 0.15) is 0 Å². The summed E-state index contributed by atoms with van der Waals surface area (Å²) in [5, 5.41) is 3.77. The predicted octanol–water partition coefficient (Wildman–Crippen LogP) is 2.23. The Morgan fingerprint density at radius 3 is 2.39 bits per heavy atom. The fourth-order valence-corrected chi connectivity index (χ4v) is 3.14. The SMILES string of the molecule is CCc1ccc(NC(=O)COC(=O)[C@H]2CC(=O)N(NC(=O)c3ccc(C)cc3)C2)cc1. The number of hydrogen-bond acceptors (Lipinski definition) is 5. The van der Waals surface area contributed by atoms with Crippen LogP contribution >= 0.6 is 0 Å². The van der Waals surface area contributed by atoms with E-state index in [-0.39, 0.29) is 18.9 Å². The Morgan fingerprint density at radius 2 is 1.74 bits per heavy atom. The maximum atomic E-state index is 12.3. The molecule has 0 aliphatic carbocycles. The summed E-state index contributed by atoms with van der Waals surface area (Å²) in [5.74, 6) is -2.69. The van der Waals surface area contributed by atoms with Crippen molar-refractivity contribution in [3.8, 4) is 0 Å². The van der Waals surface area contributed by atoms with Crippen LogP contribution in [0, 0.1) is 12.8 Å². The number of hydrazine groups is 1. The average molecular weight is 423 g/mol. The molecule has 2 N–H and O–H groups in total. The molecule has 3 rings (SSSR count). The highest BCUT2D eigenvalue weighted by molar-refractivity contribution is 5.97. The zero-order chi connectivity index (χ0) is 22.4. The normalized spacial score (nSPS) is 15.5. The molecule has 0 aromatic heterocycles. The number of carbonyl (C=O) groups is 4. The molecule has 2 aromatic rings. The quantitative estimate of drug-likeness (QED) is 0.665. The van der Waals surface area contributed by atoms with Gasteiger partial charge in [0.2, 0.25) is 5.91 Å². The van der Waals surface area contributed by atoms with E-state index in [9.17, 15) is 19.2 Å². The predicted molar refractivity (Wildman–Crippen MR) is 114 cm³/mol. The van der Waals surface area contributed by atoms with Crippen molar-refractivity contribution in [1.82, 2.24) is 10.4 Å². The van der Waals surface area contributed by atoms with E-state index in [0.29, 0.717) is 11.3 Å². The molecule has 0 spiro atoms. The van der Waals surface area contributed by atoms with Gasteiger partial charge in [-0.1, -0.05) is 36.8 Å². The zero-order valence-corrected chi connectivity index (χ0v) is 17.5. The Morgan fingerprint density at radius 1 is 1.06 bits per heavy atom. The standard InChI is InChI=1S/C23H25N3O5/c1-3-16-6-10-19(11-7-16)24-20(27)14-31-23(30)18-12-21(28)26(13-18)25-22(29)17-8-4-15(2)5-9-17/h4-11,18H,3,12-14H2,1-2H3,(H,24,27)(H,25,29)/t18-/m0/s1. The van der Waals surface area contributed by atoms with Gasteiger partial charge >= 0.3 is 5.97 Å². The molecule has 8 nitrogen and oxygen atoms in total. The van der Waals surface area contributed by atoms with E-state index in [0.717, 1.165) is 22.6 Å². The Bertz CT molecular complexity index is 970. The molecule has 0 radical (unpaired) electrons. The third kappa shape index (κ3) is 5.91. The third-order valence-corrected chi connectivity index (χ3v) is 5.00. The van der Waals surface area contributed by atoms with Crippen molar-refractivity contribution in [2.75, 3.05) is 18.5 Å². The highest BCUT2D eigenvalue weighted by Gasteiger charge is 2.36. The molecule has 31 heavy (non-hydrogen) atoms. The van der Waals surface area contributed by atoms with Gasteiger partial charge in [0.15, 0.2) is 6.61 Å². The minimum absolute atomic E-state index is 0.00460. The number of esters is 1. The summed E-state index contributed by atoms with van der Waals surface area (Å²) in [7, 11) is 0. The summed E-state index contributed by atoms with van der Waals surface area (Å²) < 4.78 is 5.06. The molecule has 8 heteroatoms. The molecule has 1 atom stereocenters. The van der Waals surface area contributed by atoms with E-state index in [4.69, 9.17) is 4.74 Å². The highest BCUT2D eigenvalue weighted by Crippen LogP contribution is 2.18. The van der Waals surface area contributed by atoms with Crippen molar-refractivity contribution < 1.29 is 23.9 Å². The summed E-state index contributed by atoms with van der Waals surface area (Å²) >= 11 is 0. The van der Waals surface area contributed by atoms with E-state index in [1.54, 1.807) is 36.4 Å². The molecule has 0 bridgehead atoms. The van der Waals surface area contributed by atoms with Crippen LogP contribution in [0.5, 0.6) is 0 Å². The first-order valence-electron chi connectivity index (χ1n) is 10.1. The Balaban J connectivity index is 1.46. The van der Waals surface area contributed by atoms with Gasteiger partial charge in [-0.25, -0.2) is 0 Å². The monoisotopic (exact) mass is 423 g/mol. The Labute approximate surface area is 180 Å². The van der Waals surface area contributed by atoms with Crippen LogP contribution in [0.3, 0.4) is 0 Å². The first-order chi connectivity index (χ1) is 14.9. The van der Waals surface area contributed by atoms with E-state index in [1.807, 2.05) is 26.0 Å². The number of ether oxygens (including phenoxy) is 1. The largest absolute Gasteiger partial charge is 0.455 e. The van der Waals surface area contributed by atoms with Crippen LogP contribution in [0.15, 0.2) is 48.5 Å². The molecule has 0 unspecified atom stereocenters. The van der Waals surface area contributed by atoms with Gasteiger partial charge in [-0.2, -0.15) is 0 Å². The highest BCUT2D eigenvalue weighted by atomic mass is 16.5. The molecular weight excluding hydrogens is 398 g/mol. The topological polar surface area (TPSA) is 105 Å². The first kappa shape index (κ1) is 22.0. The summed E-state index contributed by atoms with van der Waals surface area (Å²) in [6, 6.07) is 14.3. The molecule has 3 amide bonds. The van der Waals surface area contributed by atoms with Gasteiger partial charge in [-0.3, -0.25) is 29.6 Å². The second-order valence-corrected chi connectivity index (χ2v) is 7.42. The number of nitrogens with one attached hydrogen (secondary N) is 2. The lowest BCUT2D eigenvalue weighted by Gasteiger charge is -2.17. The van der Waals surface area contributed by atoms with Crippen molar-refractivity contribution in [3.05, 3.63) is 65.2 Å². The van der Waals surface area contributed by atoms with E-state index in [2.05, 4.69) is 10.7 Å². The molecule has 1 aliphatic heterocycles. The average Bonchev–Trinajstić information content (AvgIpc) is 3.13. The van der Waals surface area contributed by atoms with E-state index in [1.165, 1.54) is 0 Å². The number of rotatable bonds is 7. The van der Waals surface area contributed by atoms with E-state index >= 15 is 0 Å². The van der Waals surface area contributed by atoms with Crippen molar-refractivity contribution in [1.29, 1.82) is 0 Å². The lowest BCUT2D eigenvalue weighted by atomic mass is 10.1. The van der Waals surface area contributed by atoms with Crippen LogP contribution in [-0.2, 0) is 25.5 Å². The number of nitrogens with zero attached hydrogens (tertiary/aromatic N) is 1. The molecular formula is C23H25N3O5. The Hall–Kier alpha value is -3.68. The maximum absolute atomic E-state index is 12.3. The van der Waals surface area contributed by atoms with Gasteiger partial charge in [0, 0.05) is 17.7 Å². The number of aryl methyl sites for hydroxylation is 2. The molecule has 0 saturated carbocycles. The van der Waals surface area contributed by atoms with Gasteiger partial charge in [0.05, 0.1) is 12.5 Å². The lowest BCUT2D eigenvalue weighted by Crippen LogP contribution is -2.43. The van der Waals surface area contributed by atoms with Crippen molar-refractivity contribution in [2.45, 2.75) is 26.7 Å². The lowest BCUT2D eigenvalue weighted by molar-refractivity contribution is -0.151. The fourth-order valence-electron chi connectivity index (χ4n) is 3.14. The van der Waals surface area contributed by atoms with Gasteiger partial charge in [-0.05, 0) is 43.2 Å². The molecule has 1 aliphatic rings. The molecule has 162 valence electrons. The van der Waals surface area contributed by atoms with Crippen LogP contribution in [0.2, 0.25) is 0 Å². The summed E-state index contributed by atoms with van der Waals surface area (Å²) in [6.45, 7) is 3.49. The minimum atomic E-state index is -0.748. The van der Waals surface area contributed by atoms with Gasteiger partial charge in [0.25, 0.3) is 11.8 Å². The zero-order valence-electron chi connectivity index (χ0n) is 17.5. The maximum Gasteiger partial charge on any atom is 0.311 e. The Kier molecular flexibility index (Phi) is 7.02. The molecule has 1 heterocycles. The summed E-state index contributed by atoms with van der Waals surface area (Å²) in [6.07, 6.45) is 0.807. The number of hydrogen-bond donors (Lipinski definition) is 2. The number of carbonyl (C=O) groups excluding carboxylic acids is 4. The smallest absolute Gasteiger partial charge is 0.311 e. The molecule has 1 fully saturated rings. The second kappa shape index (κ2) is 9.88. The van der Waals surface area contributed by atoms with Crippen molar-refractivity contribution >= 4 is 29.4 Å². The van der Waals surface area contributed by atoms with Gasteiger partial charge in [-0.15, -0.1) is 0 Å². The number of benzene rings is 2. The fraction of sp³-hybridized carbons (Fsp3) is 0.304. The summed E-state index contributed by atoms with van der Waals surface area (Å²) in [5.41, 5.74) is 5.69. The van der Waals surface area contributed by atoms with Gasteiger partial charge < -0.3 is 10.1 Å². The van der Waals surface area contributed by atoms with Crippen LogP contribution < -0.4 is 10.7 Å². The second-order valence-electron chi connectivity index (χ2n) is 7.42. The number of amides is 3. The molecule has 1 saturated heterocycles. The minimum Gasteiger partial charge on any atom is -0.455 e. The van der Waals surface area contributed by atoms with Crippen LogP contribution in [-0.4, -0.2) is 41.9 Å². The van der Waals surface area contributed by atoms with Crippen molar-refractivity contribution in [2.24, 2.45) is 5.92 Å².